The molecule has 41 heavy (non-hydrogen) atoms. The summed E-state index contributed by atoms with van der Waals surface area (Å²) in [5.41, 5.74) is 4.81. The number of amides is 2. The van der Waals surface area contributed by atoms with Gasteiger partial charge in [0.15, 0.2) is 6.10 Å². The number of benzene rings is 1. The number of H-pyrrole nitrogens is 1. The largest absolute Gasteiger partial charge is 0.479 e. The molecule has 17 nitrogen and oxygen atoms in total. The van der Waals surface area contributed by atoms with Gasteiger partial charge in [-0.15, -0.1) is 0 Å². The molecule has 1 unspecified atom stereocenters. The number of carbonyl (C=O) groups is 3. The van der Waals surface area contributed by atoms with Crippen LogP contribution in [-0.2, 0) is 30.6 Å². The van der Waals surface area contributed by atoms with Gasteiger partial charge in [-0.2, -0.15) is 9.97 Å². The van der Waals surface area contributed by atoms with Crippen LogP contribution in [0.2, 0.25) is 0 Å². The van der Waals surface area contributed by atoms with Crippen molar-refractivity contribution in [3.8, 4) is 28.9 Å². The number of rotatable bonds is 13. The Kier molecular flexibility index (Phi) is 9.17. The highest BCUT2D eigenvalue weighted by Gasteiger charge is 2.34. The highest BCUT2D eigenvalue weighted by molar-refractivity contribution is 7.90. The standard InChI is InChI=1S/C23H25N7O10S/c1-29(2)17(32)10-12-8-13(19-25-6-7-26-19)11-14(9-12)39-20-18(30(35)36)21(28-23(27-20)41(3,37)38)40-15(22(33)34)4-5-16(24)31/h6-9,11,15H,4-5,10H2,1-3H3,(H2,24,31)(H,25,26)(H,33,34). The van der Waals surface area contributed by atoms with Gasteiger partial charge in [-0.3, -0.25) is 19.7 Å². The van der Waals surface area contributed by atoms with Crippen LogP contribution in [0.15, 0.2) is 35.7 Å². The van der Waals surface area contributed by atoms with E-state index in [1.165, 1.54) is 23.2 Å². The van der Waals surface area contributed by atoms with Crippen molar-refractivity contribution in [2.45, 2.75) is 30.5 Å². The van der Waals surface area contributed by atoms with Crippen molar-refractivity contribution in [2.75, 3.05) is 20.4 Å². The Balaban J connectivity index is 2.18. The minimum absolute atomic E-state index is 0.0904. The van der Waals surface area contributed by atoms with Crippen LogP contribution in [0.1, 0.15) is 18.4 Å². The van der Waals surface area contributed by atoms with Gasteiger partial charge >= 0.3 is 23.4 Å². The minimum atomic E-state index is -4.23. The van der Waals surface area contributed by atoms with Crippen molar-refractivity contribution < 1.29 is 42.3 Å². The normalized spacial score (nSPS) is 11.9. The number of hydrogen-bond acceptors (Lipinski definition) is 12. The molecule has 2 amide bonds. The summed E-state index contributed by atoms with van der Waals surface area (Å²) in [6.45, 7) is 0. The van der Waals surface area contributed by atoms with E-state index in [4.69, 9.17) is 15.2 Å². The van der Waals surface area contributed by atoms with Crippen molar-refractivity contribution in [3.63, 3.8) is 0 Å². The average molecular weight is 592 g/mol. The number of nitrogens with two attached hydrogens (primary N) is 1. The number of aromatic amines is 1. The fourth-order valence-corrected chi connectivity index (χ4v) is 3.84. The van der Waals surface area contributed by atoms with Crippen LogP contribution < -0.4 is 15.2 Å². The molecule has 1 atom stereocenters. The van der Waals surface area contributed by atoms with Crippen LogP contribution in [0.25, 0.3) is 11.4 Å². The first-order valence-corrected chi connectivity index (χ1v) is 13.5. The minimum Gasteiger partial charge on any atom is -0.479 e. The van der Waals surface area contributed by atoms with Crippen LogP contribution in [0.5, 0.6) is 17.5 Å². The number of carboxylic acids is 1. The third-order valence-corrected chi connectivity index (χ3v) is 6.15. The zero-order valence-corrected chi connectivity index (χ0v) is 22.7. The number of ether oxygens (including phenoxy) is 2. The SMILES string of the molecule is CN(C)C(=O)Cc1cc(Oc2nc(S(C)(=O)=O)nc(OC(CCC(N)=O)C(=O)O)c2[N+](=O)[O-])cc(-c2ncc[nH]2)c1. The molecule has 1 aromatic carbocycles. The second-order valence-electron chi connectivity index (χ2n) is 8.81. The maximum absolute atomic E-state index is 12.4. The van der Waals surface area contributed by atoms with Crippen LogP contribution in [-0.4, -0.2) is 87.5 Å². The molecule has 2 aromatic heterocycles. The van der Waals surface area contributed by atoms with Gasteiger partial charge in [0.05, 0.1) is 11.3 Å². The number of nitrogens with zero attached hydrogens (tertiary/aromatic N) is 5. The lowest BCUT2D eigenvalue weighted by molar-refractivity contribution is -0.387. The fraction of sp³-hybridized carbons (Fsp3) is 0.304. The lowest BCUT2D eigenvalue weighted by Crippen LogP contribution is -2.29. The predicted molar refractivity (Wildman–Crippen MR) is 139 cm³/mol. The molecule has 3 aromatic rings. The smallest absolute Gasteiger partial charge is 0.392 e. The molecule has 2 heterocycles. The Bertz CT molecular complexity index is 1590. The molecular formula is C23H25N7O10S. The highest BCUT2D eigenvalue weighted by atomic mass is 32.2. The maximum atomic E-state index is 12.4. The molecule has 3 rings (SSSR count). The molecule has 0 spiro atoms. The van der Waals surface area contributed by atoms with Crippen LogP contribution in [0.4, 0.5) is 5.69 Å². The number of carboxylic acid groups (broad SMARTS) is 1. The summed E-state index contributed by atoms with van der Waals surface area (Å²) < 4.78 is 35.5. The van der Waals surface area contributed by atoms with Crippen LogP contribution >= 0.6 is 0 Å². The van der Waals surface area contributed by atoms with Gasteiger partial charge in [-0.1, -0.05) is 0 Å². The second kappa shape index (κ2) is 12.4. The molecule has 18 heteroatoms. The molecule has 4 N–H and O–H groups in total. The Morgan fingerprint density at radius 3 is 2.41 bits per heavy atom. The third-order valence-electron chi connectivity index (χ3n) is 5.30. The second-order valence-corrected chi connectivity index (χ2v) is 10.7. The van der Waals surface area contributed by atoms with Crippen LogP contribution in [0.3, 0.4) is 0 Å². The van der Waals surface area contributed by atoms with Crippen molar-refractivity contribution in [3.05, 3.63) is 46.3 Å². The van der Waals surface area contributed by atoms with E-state index < -0.39 is 68.2 Å². The first-order valence-electron chi connectivity index (χ1n) is 11.6. The number of carbonyl (C=O) groups excluding carboxylic acids is 2. The number of aromatic nitrogens is 4. The summed E-state index contributed by atoms with van der Waals surface area (Å²) in [6.07, 6.45) is 0.835. The average Bonchev–Trinajstić information content (AvgIpc) is 3.40. The number of nitro groups is 1. The van der Waals surface area contributed by atoms with E-state index in [-0.39, 0.29) is 18.1 Å². The molecule has 0 fully saturated rings. The van der Waals surface area contributed by atoms with E-state index in [0.29, 0.717) is 23.2 Å². The summed E-state index contributed by atoms with van der Waals surface area (Å²) in [4.78, 5) is 61.9. The summed E-state index contributed by atoms with van der Waals surface area (Å²) in [5.74, 6) is -4.40. The number of sulfone groups is 1. The number of hydrogen-bond donors (Lipinski definition) is 3. The maximum Gasteiger partial charge on any atom is 0.392 e. The van der Waals surface area contributed by atoms with E-state index in [2.05, 4.69) is 19.9 Å². The number of likely N-dealkylation sites (N-methyl/N-ethyl adjacent to an activating group) is 1. The van der Waals surface area contributed by atoms with Gasteiger partial charge in [0, 0.05) is 51.1 Å². The van der Waals surface area contributed by atoms with Crippen molar-refractivity contribution in [1.29, 1.82) is 0 Å². The Labute approximate surface area is 232 Å². The van der Waals surface area contributed by atoms with E-state index in [0.717, 1.165) is 0 Å². The first-order chi connectivity index (χ1) is 19.1. The lowest BCUT2D eigenvalue weighted by Gasteiger charge is -2.16. The van der Waals surface area contributed by atoms with Crippen LogP contribution in [0, 0.1) is 10.1 Å². The van der Waals surface area contributed by atoms with Crippen molar-refractivity contribution >= 4 is 33.3 Å². The predicted octanol–water partition coefficient (Wildman–Crippen LogP) is 0.699. The fourth-order valence-electron chi connectivity index (χ4n) is 3.34. The lowest BCUT2D eigenvalue weighted by atomic mass is 10.1. The molecule has 0 bridgehead atoms. The Hall–Kier alpha value is -5.13. The van der Waals surface area contributed by atoms with Gasteiger partial charge < -0.3 is 30.2 Å². The van der Waals surface area contributed by atoms with E-state index in [1.807, 2.05) is 0 Å². The van der Waals surface area contributed by atoms with Crippen molar-refractivity contribution in [2.24, 2.45) is 5.73 Å². The monoisotopic (exact) mass is 591 g/mol. The van der Waals surface area contributed by atoms with E-state index >= 15 is 0 Å². The third kappa shape index (κ3) is 7.94. The van der Waals surface area contributed by atoms with Gasteiger partial charge in [0.25, 0.3) is 5.16 Å². The summed E-state index contributed by atoms with van der Waals surface area (Å²) >= 11 is 0. The molecule has 0 radical (unpaired) electrons. The molecule has 0 saturated carbocycles. The van der Waals surface area contributed by atoms with Gasteiger partial charge in [0.2, 0.25) is 21.7 Å². The Morgan fingerprint density at radius 2 is 1.88 bits per heavy atom. The van der Waals surface area contributed by atoms with Gasteiger partial charge in [0.1, 0.15) is 11.6 Å². The van der Waals surface area contributed by atoms with Crippen molar-refractivity contribution in [1.82, 2.24) is 24.8 Å². The highest BCUT2D eigenvalue weighted by Crippen LogP contribution is 2.39. The molecule has 0 saturated heterocycles. The zero-order valence-electron chi connectivity index (χ0n) is 21.9. The van der Waals surface area contributed by atoms with Gasteiger partial charge in [-0.25, -0.2) is 18.2 Å². The van der Waals surface area contributed by atoms with E-state index in [9.17, 15) is 38.0 Å². The summed E-state index contributed by atoms with van der Waals surface area (Å²) in [5, 5.41) is 20.6. The topological polar surface area (TPSA) is 251 Å². The summed E-state index contributed by atoms with van der Waals surface area (Å²) in [7, 11) is -1.12. The summed E-state index contributed by atoms with van der Waals surface area (Å²) in [6, 6.07) is 4.42. The number of imidazole rings is 1. The number of nitrogens with one attached hydrogen (secondary N) is 1. The molecular weight excluding hydrogens is 566 g/mol. The van der Waals surface area contributed by atoms with Gasteiger partial charge in [-0.05, 0) is 23.8 Å². The molecule has 0 aliphatic rings. The molecule has 0 aliphatic carbocycles. The quantitative estimate of drug-likeness (QED) is 0.141. The number of aliphatic carboxylic acids is 1. The molecule has 0 aliphatic heterocycles. The Morgan fingerprint density at radius 1 is 1.20 bits per heavy atom. The first kappa shape index (κ1) is 30.4. The molecule has 218 valence electrons. The van der Waals surface area contributed by atoms with E-state index in [1.54, 1.807) is 26.4 Å². The number of primary amides is 1. The zero-order chi connectivity index (χ0) is 30.5.